The highest BCUT2D eigenvalue weighted by Gasteiger charge is 2.26. The van der Waals surface area contributed by atoms with Crippen molar-refractivity contribution in [3.05, 3.63) is 27.9 Å². The molecule has 1 aliphatic heterocycles. The number of aromatic nitrogens is 1. The Hall–Kier alpha value is -2.20. The Balaban J connectivity index is 2.29. The number of hydrogen-bond acceptors (Lipinski definition) is 6. The fourth-order valence-electron chi connectivity index (χ4n) is 2.75. The minimum Gasteiger partial charge on any atom is -0.352 e. The summed E-state index contributed by atoms with van der Waals surface area (Å²) in [6.07, 6.45) is 5.49. The molecule has 1 aromatic heterocycles. The maximum atomic E-state index is 10.8. The molecular weight excluding hydrogens is 270 g/mol. The number of nitriles is 1. The number of nitrogens with zero attached hydrogens (tertiary/aromatic N) is 4. The predicted octanol–water partition coefficient (Wildman–Crippen LogP) is 1.83. The second kappa shape index (κ2) is 6.99. The number of hydrogen-bond donors (Lipinski definition) is 1. The molecule has 0 aliphatic carbocycles. The predicted molar refractivity (Wildman–Crippen MR) is 79.1 cm³/mol. The minimum absolute atomic E-state index is 0.140. The molecule has 2 rings (SSSR count). The highest BCUT2D eigenvalue weighted by Crippen LogP contribution is 2.29. The van der Waals surface area contributed by atoms with E-state index in [0.29, 0.717) is 11.9 Å². The van der Waals surface area contributed by atoms with E-state index in [1.54, 1.807) is 0 Å². The largest absolute Gasteiger partial charge is 0.352 e. The number of pyridine rings is 1. The Kier molecular flexibility index (Phi) is 5.06. The van der Waals surface area contributed by atoms with Gasteiger partial charge in [0.1, 0.15) is 23.6 Å². The number of nitro groups is 1. The van der Waals surface area contributed by atoms with Crippen molar-refractivity contribution in [2.24, 2.45) is 0 Å². The zero-order chi connectivity index (χ0) is 15.2. The van der Waals surface area contributed by atoms with Crippen molar-refractivity contribution in [3.8, 4) is 6.07 Å². The monoisotopic (exact) mass is 289 g/mol. The first kappa shape index (κ1) is 15.2. The van der Waals surface area contributed by atoms with Crippen LogP contribution in [0.2, 0.25) is 0 Å². The van der Waals surface area contributed by atoms with Crippen molar-refractivity contribution in [2.45, 2.75) is 31.7 Å². The van der Waals surface area contributed by atoms with E-state index in [-0.39, 0.29) is 11.3 Å². The van der Waals surface area contributed by atoms with E-state index in [2.05, 4.69) is 15.2 Å². The average molecular weight is 289 g/mol. The Bertz CT molecular complexity index is 555. The third kappa shape index (κ3) is 3.47. The van der Waals surface area contributed by atoms with Crippen LogP contribution in [0.3, 0.4) is 0 Å². The summed E-state index contributed by atoms with van der Waals surface area (Å²) in [6, 6.07) is 3.68. The Morgan fingerprint density at radius 1 is 1.62 bits per heavy atom. The lowest BCUT2D eigenvalue weighted by Gasteiger charge is -2.37. The Morgan fingerprint density at radius 3 is 3.10 bits per heavy atom. The summed E-state index contributed by atoms with van der Waals surface area (Å²) in [4.78, 5) is 16.6. The number of nitrogens with one attached hydrogen (secondary N) is 1. The van der Waals surface area contributed by atoms with Gasteiger partial charge in [-0.2, -0.15) is 5.26 Å². The van der Waals surface area contributed by atoms with Crippen LogP contribution in [0.25, 0.3) is 0 Å². The zero-order valence-corrected chi connectivity index (χ0v) is 12.1. The summed E-state index contributed by atoms with van der Waals surface area (Å²) in [6.45, 7) is 1.74. The number of anilines is 1. The topological polar surface area (TPSA) is 95.1 Å². The van der Waals surface area contributed by atoms with Crippen molar-refractivity contribution < 1.29 is 4.92 Å². The molecule has 0 bridgehead atoms. The van der Waals surface area contributed by atoms with Gasteiger partial charge in [0, 0.05) is 18.7 Å². The molecule has 1 aliphatic rings. The summed E-state index contributed by atoms with van der Waals surface area (Å²) < 4.78 is 0. The third-order valence-corrected chi connectivity index (χ3v) is 3.81. The van der Waals surface area contributed by atoms with Crippen LogP contribution in [0, 0.1) is 21.4 Å². The van der Waals surface area contributed by atoms with Crippen LogP contribution in [0.4, 0.5) is 11.5 Å². The van der Waals surface area contributed by atoms with Gasteiger partial charge in [-0.25, -0.2) is 4.98 Å². The molecule has 1 fully saturated rings. The van der Waals surface area contributed by atoms with E-state index < -0.39 is 4.92 Å². The molecule has 0 amide bonds. The van der Waals surface area contributed by atoms with Crippen molar-refractivity contribution >= 4 is 11.5 Å². The summed E-state index contributed by atoms with van der Waals surface area (Å²) >= 11 is 0. The molecular formula is C14H19N5O2. The van der Waals surface area contributed by atoms with Gasteiger partial charge in [0.15, 0.2) is 0 Å². The summed E-state index contributed by atoms with van der Waals surface area (Å²) in [7, 11) is 1.91. The van der Waals surface area contributed by atoms with Gasteiger partial charge in [0.2, 0.25) is 0 Å². The van der Waals surface area contributed by atoms with E-state index in [1.165, 1.54) is 18.7 Å². The molecule has 7 heteroatoms. The molecule has 0 spiro atoms. The second-order valence-corrected chi connectivity index (χ2v) is 5.17. The van der Waals surface area contributed by atoms with Gasteiger partial charge >= 0.3 is 0 Å². The van der Waals surface area contributed by atoms with E-state index in [1.807, 2.05) is 13.1 Å². The first-order valence-corrected chi connectivity index (χ1v) is 7.13. The minimum atomic E-state index is -0.522. The number of rotatable bonds is 5. The van der Waals surface area contributed by atoms with Crippen LogP contribution in [-0.2, 0) is 0 Å². The molecule has 1 aromatic rings. The van der Waals surface area contributed by atoms with Crippen LogP contribution in [0.1, 0.15) is 31.2 Å². The fourth-order valence-corrected chi connectivity index (χ4v) is 2.75. The molecule has 0 radical (unpaired) electrons. The molecule has 112 valence electrons. The third-order valence-electron chi connectivity index (χ3n) is 3.81. The first-order valence-electron chi connectivity index (χ1n) is 7.13. The molecule has 1 saturated heterocycles. The van der Waals surface area contributed by atoms with Crippen LogP contribution >= 0.6 is 0 Å². The van der Waals surface area contributed by atoms with Crippen LogP contribution in [0.15, 0.2) is 12.3 Å². The van der Waals surface area contributed by atoms with Gasteiger partial charge in [0.25, 0.3) is 5.69 Å². The molecule has 7 nitrogen and oxygen atoms in total. The van der Waals surface area contributed by atoms with Crippen molar-refractivity contribution in [1.82, 2.24) is 10.3 Å². The fraction of sp³-hybridized carbons (Fsp3) is 0.571. The quantitative estimate of drug-likeness (QED) is 0.656. The standard InChI is InChI=1S/C14H19N5O2/c1-16-6-5-12-4-2-3-7-18(12)14-11(9-15)8-13(10-17-14)19(20)21/h8,10,12,16H,2-7H2,1H3. The molecule has 2 heterocycles. The number of piperidine rings is 1. The van der Waals surface area contributed by atoms with Gasteiger partial charge in [-0.3, -0.25) is 10.1 Å². The SMILES string of the molecule is CNCCC1CCCCN1c1ncc([N+](=O)[O-])cc1C#N. The second-order valence-electron chi connectivity index (χ2n) is 5.17. The van der Waals surface area contributed by atoms with Crippen LogP contribution in [0.5, 0.6) is 0 Å². The molecule has 0 aromatic carbocycles. The molecule has 1 unspecified atom stereocenters. The zero-order valence-electron chi connectivity index (χ0n) is 12.1. The lowest BCUT2D eigenvalue weighted by molar-refractivity contribution is -0.385. The molecule has 21 heavy (non-hydrogen) atoms. The van der Waals surface area contributed by atoms with Gasteiger partial charge in [-0.05, 0) is 39.3 Å². The van der Waals surface area contributed by atoms with Crippen LogP contribution in [-0.4, -0.2) is 36.1 Å². The van der Waals surface area contributed by atoms with Gasteiger partial charge in [0.05, 0.1) is 4.92 Å². The van der Waals surface area contributed by atoms with E-state index in [0.717, 1.165) is 32.4 Å². The van der Waals surface area contributed by atoms with Crippen LogP contribution < -0.4 is 10.2 Å². The van der Waals surface area contributed by atoms with Gasteiger partial charge < -0.3 is 10.2 Å². The van der Waals surface area contributed by atoms with Gasteiger partial charge in [-0.1, -0.05) is 0 Å². The highest BCUT2D eigenvalue weighted by atomic mass is 16.6. The first-order chi connectivity index (χ1) is 10.2. The average Bonchev–Trinajstić information content (AvgIpc) is 2.52. The Labute approximate surface area is 123 Å². The lowest BCUT2D eigenvalue weighted by atomic mass is 9.98. The molecule has 1 N–H and O–H groups in total. The molecule has 1 atom stereocenters. The van der Waals surface area contributed by atoms with Crippen molar-refractivity contribution in [1.29, 1.82) is 5.26 Å². The smallest absolute Gasteiger partial charge is 0.289 e. The van der Waals surface area contributed by atoms with Gasteiger partial charge in [-0.15, -0.1) is 0 Å². The normalized spacial score (nSPS) is 18.3. The summed E-state index contributed by atoms with van der Waals surface area (Å²) in [5.74, 6) is 0.573. The Morgan fingerprint density at radius 2 is 2.43 bits per heavy atom. The van der Waals surface area contributed by atoms with E-state index >= 15 is 0 Å². The van der Waals surface area contributed by atoms with Crippen molar-refractivity contribution in [2.75, 3.05) is 25.0 Å². The van der Waals surface area contributed by atoms with E-state index in [4.69, 9.17) is 0 Å². The molecule has 0 saturated carbocycles. The highest BCUT2D eigenvalue weighted by molar-refractivity contribution is 5.58. The summed E-state index contributed by atoms with van der Waals surface area (Å²) in [5.41, 5.74) is 0.139. The lowest BCUT2D eigenvalue weighted by Crippen LogP contribution is -2.42. The summed E-state index contributed by atoms with van der Waals surface area (Å²) in [5, 5.41) is 23.2. The maximum Gasteiger partial charge on any atom is 0.289 e. The maximum absolute atomic E-state index is 10.8. The van der Waals surface area contributed by atoms with Crippen molar-refractivity contribution in [3.63, 3.8) is 0 Å². The van der Waals surface area contributed by atoms with E-state index in [9.17, 15) is 15.4 Å².